The standard InChI is InChI=1S/C15H22BrNO2S/c1-10-5-11(2)9-17(8-10)20(18,19)15-7-13(4)12(3)6-14(15)16/h6-7,10-11H,5,8-9H2,1-4H3. The third kappa shape index (κ3) is 3.10. The first-order valence-corrected chi connectivity index (χ1v) is 9.22. The summed E-state index contributed by atoms with van der Waals surface area (Å²) in [7, 11) is -3.41. The number of halogens is 1. The van der Waals surface area contributed by atoms with Crippen molar-refractivity contribution >= 4 is 26.0 Å². The SMILES string of the molecule is Cc1cc(Br)c(S(=O)(=O)N2CC(C)CC(C)C2)cc1C. The van der Waals surface area contributed by atoms with Crippen LogP contribution in [0.15, 0.2) is 21.5 Å². The maximum atomic E-state index is 12.9. The Bertz CT molecular complexity index is 603. The molecule has 3 nitrogen and oxygen atoms in total. The van der Waals surface area contributed by atoms with Crippen LogP contribution in [0, 0.1) is 25.7 Å². The van der Waals surface area contributed by atoms with E-state index in [1.807, 2.05) is 19.9 Å². The fourth-order valence-electron chi connectivity index (χ4n) is 2.89. The minimum Gasteiger partial charge on any atom is -0.207 e. The molecule has 5 heteroatoms. The Labute approximate surface area is 130 Å². The zero-order valence-electron chi connectivity index (χ0n) is 12.5. The van der Waals surface area contributed by atoms with Crippen molar-refractivity contribution in [3.8, 4) is 0 Å². The van der Waals surface area contributed by atoms with Gasteiger partial charge in [0, 0.05) is 17.6 Å². The largest absolute Gasteiger partial charge is 0.244 e. The molecule has 1 fully saturated rings. The molecular formula is C15H22BrNO2S. The highest BCUT2D eigenvalue weighted by Crippen LogP contribution is 2.31. The zero-order valence-corrected chi connectivity index (χ0v) is 14.9. The first-order valence-electron chi connectivity index (χ1n) is 6.98. The molecule has 0 N–H and O–H groups in total. The van der Waals surface area contributed by atoms with Gasteiger partial charge in [0.05, 0.1) is 4.90 Å². The van der Waals surface area contributed by atoms with E-state index in [-0.39, 0.29) is 0 Å². The highest BCUT2D eigenvalue weighted by Gasteiger charge is 2.32. The molecule has 1 saturated heterocycles. The summed E-state index contributed by atoms with van der Waals surface area (Å²) in [5.41, 5.74) is 2.10. The highest BCUT2D eigenvalue weighted by molar-refractivity contribution is 9.10. The van der Waals surface area contributed by atoms with Gasteiger partial charge < -0.3 is 0 Å². The lowest BCUT2D eigenvalue weighted by Gasteiger charge is -2.34. The third-order valence-electron chi connectivity index (χ3n) is 4.00. The highest BCUT2D eigenvalue weighted by atomic mass is 79.9. The Morgan fingerprint density at radius 1 is 1.10 bits per heavy atom. The van der Waals surface area contributed by atoms with E-state index in [1.165, 1.54) is 0 Å². The van der Waals surface area contributed by atoms with Crippen LogP contribution >= 0.6 is 15.9 Å². The molecule has 2 rings (SSSR count). The third-order valence-corrected chi connectivity index (χ3v) is 6.79. The van der Waals surface area contributed by atoms with E-state index in [4.69, 9.17) is 0 Å². The van der Waals surface area contributed by atoms with Crippen LogP contribution in [0.2, 0.25) is 0 Å². The normalized spacial score (nSPS) is 24.9. The Morgan fingerprint density at radius 2 is 1.60 bits per heavy atom. The van der Waals surface area contributed by atoms with Gasteiger partial charge in [-0.3, -0.25) is 0 Å². The van der Waals surface area contributed by atoms with Gasteiger partial charge in [-0.15, -0.1) is 0 Å². The molecule has 20 heavy (non-hydrogen) atoms. The van der Waals surface area contributed by atoms with Crippen LogP contribution in [0.4, 0.5) is 0 Å². The molecule has 1 aliphatic heterocycles. The lowest BCUT2D eigenvalue weighted by molar-refractivity contribution is 0.222. The summed E-state index contributed by atoms with van der Waals surface area (Å²) in [5, 5.41) is 0. The monoisotopic (exact) mass is 359 g/mol. The van der Waals surface area contributed by atoms with Crippen molar-refractivity contribution in [3.63, 3.8) is 0 Å². The van der Waals surface area contributed by atoms with Crippen molar-refractivity contribution < 1.29 is 8.42 Å². The van der Waals surface area contributed by atoms with Gasteiger partial charge in [0.1, 0.15) is 0 Å². The molecule has 0 amide bonds. The minimum absolute atomic E-state index is 0.391. The van der Waals surface area contributed by atoms with E-state index < -0.39 is 10.0 Å². The topological polar surface area (TPSA) is 37.4 Å². The molecule has 0 aliphatic carbocycles. The van der Waals surface area contributed by atoms with E-state index in [1.54, 1.807) is 10.4 Å². The average Bonchev–Trinajstić information content (AvgIpc) is 2.32. The lowest BCUT2D eigenvalue weighted by atomic mass is 9.94. The van der Waals surface area contributed by atoms with Crippen molar-refractivity contribution in [2.24, 2.45) is 11.8 Å². The number of aryl methyl sites for hydroxylation is 2. The number of nitrogens with zero attached hydrogens (tertiary/aromatic N) is 1. The second-order valence-corrected chi connectivity index (χ2v) is 8.90. The fraction of sp³-hybridized carbons (Fsp3) is 0.600. The molecule has 1 aromatic carbocycles. The van der Waals surface area contributed by atoms with Crippen molar-refractivity contribution in [2.45, 2.75) is 39.0 Å². The summed E-state index contributed by atoms with van der Waals surface area (Å²) in [4.78, 5) is 0.391. The number of piperidine rings is 1. The van der Waals surface area contributed by atoms with Crippen LogP contribution < -0.4 is 0 Å². The number of hydrogen-bond donors (Lipinski definition) is 0. The lowest BCUT2D eigenvalue weighted by Crippen LogP contribution is -2.42. The molecule has 2 atom stereocenters. The van der Waals surface area contributed by atoms with Crippen molar-refractivity contribution in [1.29, 1.82) is 0 Å². The molecule has 0 bridgehead atoms. The molecule has 1 heterocycles. The summed E-state index contributed by atoms with van der Waals surface area (Å²) in [6.45, 7) is 9.41. The Balaban J connectivity index is 2.42. The summed E-state index contributed by atoms with van der Waals surface area (Å²) in [6.07, 6.45) is 1.10. The van der Waals surface area contributed by atoms with Crippen molar-refractivity contribution in [2.75, 3.05) is 13.1 Å². The molecule has 0 radical (unpaired) electrons. The molecule has 1 aromatic rings. The predicted octanol–water partition coefficient (Wildman–Crippen LogP) is 3.73. The van der Waals surface area contributed by atoms with E-state index in [9.17, 15) is 8.42 Å². The fourth-order valence-corrected chi connectivity index (χ4v) is 5.78. The molecule has 0 saturated carbocycles. The average molecular weight is 360 g/mol. The maximum absolute atomic E-state index is 12.9. The smallest absolute Gasteiger partial charge is 0.207 e. The first kappa shape index (κ1) is 16.0. The van der Waals surface area contributed by atoms with Crippen molar-refractivity contribution in [1.82, 2.24) is 4.31 Å². The Hall–Kier alpha value is -0.390. The zero-order chi connectivity index (χ0) is 15.1. The second-order valence-electron chi connectivity index (χ2n) is 6.13. The second kappa shape index (κ2) is 5.78. The molecule has 112 valence electrons. The minimum atomic E-state index is -3.41. The number of sulfonamides is 1. The summed E-state index contributed by atoms with van der Waals surface area (Å²) in [6, 6.07) is 3.66. The van der Waals surface area contributed by atoms with Gasteiger partial charge in [0.2, 0.25) is 10.0 Å². The predicted molar refractivity (Wildman–Crippen MR) is 85.3 cm³/mol. The molecule has 1 aliphatic rings. The van der Waals surface area contributed by atoms with Gasteiger partial charge in [-0.05, 0) is 71.3 Å². The van der Waals surface area contributed by atoms with Gasteiger partial charge >= 0.3 is 0 Å². The van der Waals surface area contributed by atoms with Gasteiger partial charge in [0.15, 0.2) is 0 Å². The van der Waals surface area contributed by atoms with Crippen LogP contribution in [0.25, 0.3) is 0 Å². The molecule has 0 aromatic heterocycles. The molecule has 0 spiro atoms. The van der Waals surface area contributed by atoms with E-state index in [0.717, 1.165) is 17.5 Å². The molecular weight excluding hydrogens is 338 g/mol. The Kier molecular flexibility index (Phi) is 4.62. The van der Waals surface area contributed by atoms with Crippen LogP contribution in [-0.2, 0) is 10.0 Å². The van der Waals surface area contributed by atoms with Crippen LogP contribution in [0.3, 0.4) is 0 Å². The molecule has 2 unspecified atom stereocenters. The van der Waals surface area contributed by atoms with E-state index in [0.29, 0.717) is 34.3 Å². The van der Waals surface area contributed by atoms with Crippen LogP contribution in [0.5, 0.6) is 0 Å². The summed E-state index contributed by atoms with van der Waals surface area (Å²) in [5.74, 6) is 0.831. The maximum Gasteiger partial charge on any atom is 0.244 e. The number of rotatable bonds is 2. The first-order chi connectivity index (χ1) is 9.21. The van der Waals surface area contributed by atoms with Gasteiger partial charge in [0.25, 0.3) is 0 Å². The summed E-state index contributed by atoms with van der Waals surface area (Å²) < 4.78 is 28.0. The number of hydrogen-bond acceptors (Lipinski definition) is 2. The van der Waals surface area contributed by atoms with E-state index >= 15 is 0 Å². The van der Waals surface area contributed by atoms with Gasteiger partial charge in [-0.1, -0.05) is 13.8 Å². The summed E-state index contributed by atoms with van der Waals surface area (Å²) >= 11 is 3.41. The quantitative estimate of drug-likeness (QED) is 0.806. The van der Waals surface area contributed by atoms with Crippen LogP contribution in [-0.4, -0.2) is 25.8 Å². The van der Waals surface area contributed by atoms with Crippen molar-refractivity contribution in [3.05, 3.63) is 27.7 Å². The van der Waals surface area contributed by atoms with Gasteiger partial charge in [-0.25, -0.2) is 8.42 Å². The number of benzene rings is 1. The van der Waals surface area contributed by atoms with E-state index in [2.05, 4.69) is 29.8 Å². The van der Waals surface area contributed by atoms with Crippen LogP contribution in [0.1, 0.15) is 31.4 Å². The van der Waals surface area contributed by atoms with Gasteiger partial charge in [-0.2, -0.15) is 4.31 Å². The Morgan fingerprint density at radius 3 is 2.15 bits per heavy atom.